The van der Waals surface area contributed by atoms with Crippen LogP contribution in [0.5, 0.6) is 0 Å². The number of carbonyl (C=O) groups excluding carboxylic acids is 1. The molecule has 1 fully saturated rings. The number of amides is 1. The van der Waals surface area contributed by atoms with Gasteiger partial charge in [-0.15, -0.1) is 0 Å². The van der Waals surface area contributed by atoms with Gasteiger partial charge in [0.2, 0.25) is 5.91 Å². The lowest BCUT2D eigenvalue weighted by Crippen LogP contribution is -2.41. The number of halogens is 3. The molecule has 32 heavy (non-hydrogen) atoms. The zero-order valence-electron chi connectivity index (χ0n) is 17.8. The number of nitrogens with one attached hydrogen (secondary N) is 3. The van der Waals surface area contributed by atoms with Gasteiger partial charge >= 0.3 is 0 Å². The SMILES string of the molecule is CN=C(NCC(=O)Nc1ccc(F)c(F)c1F)NCc1ccccc1CN1CCOCC1. The molecular weight excluding hydrogens is 423 g/mol. The number of rotatable bonds is 7. The summed E-state index contributed by atoms with van der Waals surface area (Å²) in [5.74, 6) is -4.67. The molecule has 0 spiro atoms. The summed E-state index contributed by atoms with van der Waals surface area (Å²) in [7, 11) is 1.56. The van der Waals surface area contributed by atoms with Crippen molar-refractivity contribution in [2.75, 3.05) is 45.2 Å². The number of carbonyl (C=O) groups is 1. The first-order valence-corrected chi connectivity index (χ1v) is 10.2. The Morgan fingerprint density at radius 2 is 1.75 bits per heavy atom. The molecule has 3 rings (SSSR count). The van der Waals surface area contributed by atoms with Gasteiger partial charge in [-0.2, -0.15) is 0 Å². The zero-order chi connectivity index (χ0) is 22.9. The number of hydrogen-bond donors (Lipinski definition) is 3. The van der Waals surface area contributed by atoms with Crippen LogP contribution in [0.1, 0.15) is 11.1 Å². The Labute approximate surface area is 184 Å². The van der Waals surface area contributed by atoms with Crippen molar-refractivity contribution in [3.63, 3.8) is 0 Å². The van der Waals surface area contributed by atoms with E-state index in [1.54, 1.807) is 7.05 Å². The molecule has 0 aromatic heterocycles. The number of guanidine groups is 1. The van der Waals surface area contributed by atoms with Crippen LogP contribution in [0.15, 0.2) is 41.4 Å². The van der Waals surface area contributed by atoms with E-state index in [0.717, 1.165) is 50.5 Å². The molecule has 2 aromatic rings. The molecule has 2 aromatic carbocycles. The van der Waals surface area contributed by atoms with Gasteiger partial charge in [0.15, 0.2) is 23.4 Å². The van der Waals surface area contributed by atoms with Crippen molar-refractivity contribution in [1.29, 1.82) is 0 Å². The number of anilines is 1. The Bertz CT molecular complexity index is 965. The predicted molar refractivity (Wildman–Crippen MR) is 116 cm³/mol. The van der Waals surface area contributed by atoms with E-state index in [1.165, 1.54) is 5.56 Å². The molecule has 0 unspecified atom stereocenters. The fourth-order valence-corrected chi connectivity index (χ4v) is 3.26. The Balaban J connectivity index is 1.51. The van der Waals surface area contributed by atoms with E-state index in [0.29, 0.717) is 12.5 Å². The minimum Gasteiger partial charge on any atom is -0.379 e. The minimum absolute atomic E-state index is 0.243. The Morgan fingerprint density at radius 1 is 1.03 bits per heavy atom. The van der Waals surface area contributed by atoms with Crippen molar-refractivity contribution in [3.8, 4) is 0 Å². The Kier molecular flexibility index (Phi) is 8.46. The summed E-state index contributed by atoms with van der Waals surface area (Å²) >= 11 is 0. The fourth-order valence-electron chi connectivity index (χ4n) is 3.26. The first kappa shape index (κ1) is 23.6. The second-order valence-electron chi connectivity index (χ2n) is 7.21. The van der Waals surface area contributed by atoms with Crippen molar-refractivity contribution in [1.82, 2.24) is 15.5 Å². The van der Waals surface area contributed by atoms with Crippen molar-refractivity contribution >= 4 is 17.6 Å². The first-order valence-electron chi connectivity index (χ1n) is 10.2. The van der Waals surface area contributed by atoms with Crippen LogP contribution in [0.4, 0.5) is 18.9 Å². The quantitative estimate of drug-likeness (QED) is 0.343. The van der Waals surface area contributed by atoms with E-state index in [2.05, 4.69) is 31.9 Å². The highest BCUT2D eigenvalue weighted by Crippen LogP contribution is 2.19. The standard InChI is InChI=1S/C22H26F3N5O2/c1-26-22(28-13-19(31)29-18-7-6-17(23)20(24)21(18)25)27-12-15-4-2-3-5-16(15)14-30-8-10-32-11-9-30/h2-7H,8-14H2,1H3,(H,29,31)(H2,26,27,28). The average molecular weight is 449 g/mol. The van der Waals surface area contributed by atoms with E-state index in [1.807, 2.05) is 18.2 Å². The fraction of sp³-hybridized carbons (Fsp3) is 0.364. The number of aliphatic imine (C=N–C) groups is 1. The molecule has 3 N–H and O–H groups in total. The van der Waals surface area contributed by atoms with Crippen molar-refractivity contribution < 1.29 is 22.7 Å². The minimum atomic E-state index is -1.64. The van der Waals surface area contributed by atoms with Crippen LogP contribution in [0.3, 0.4) is 0 Å². The van der Waals surface area contributed by atoms with Gasteiger partial charge in [-0.1, -0.05) is 24.3 Å². The van der Waals surface area contributed by atoms with Crippen LogP contribution < -0.4 is 16.0 Å². The lowest BCUT2D eigenvalue weighted by atomic mass is 10.1. The third-order valence-corrected chi connectivity index (χ3v) is 5.01. The lowest BCUT2D eigenvalue weighted by Gasteiger charge is -2.27. The van der Waals surface area contributed by atoms with Gasteiger partial charge in [-0.05, 0) is 23.3 Å². The van der Waals surface area contributed by atoms with Crippen LogP contribution in [0.25, 0.3) is 0 Å². The summed E-state index contributed by atoms with van der Waals surface area (Å²) in [5.41, 5.74) is 1.84. The maximum Gasteiger partial charge on any atom is 0.243 e. The maximum absolute atomic E-state index is 13.7. The van der Waals surface area contributed by atoms with Crippen LogP contribution in [-0.2, 0) is 22.6 Å². The Hall–Kier alpha value is -3.11. The number of nitrogens with zero attached hydrogens (tertiary/aromatic N) is 2. The van der Waals surface area contributed by atoms with Gasteiger partial charge in [0, 0.05) is 33.2 Å². The topological polar surface area (TPSA) is 78.0 Å². The van der Waals surface area contributed by atoms with Gasteiger partial charge in [0.25, 0.3) is 0 Å². The molecule has 7 nitrogen and oxygen atoms in total. The maximum atomic E-state index is 13.7. The molecule has 1 amide bonds. The molecule has 10 heteroatoms. The molecule has 0 atom stereocenters. The van der Waals surface area contributed by atoms with Gasteiger partial charge in [0.05, 0.1) is 25.4 Å². The molecule has 0 radical (unpaired) electrons. The van der Waals surface area contributed by atoms with Gasteiger partial charge in [0.1, 0.15) is 0 Å². The molecule has 0 aliphatic carbocycles. The molecule has 0 saturated carbocycles. The van der Waals surface area contributed by atoms with Gasteiger partial charge in [-0.3, -0.25) is 14.7 Å². The molecule has 0 bridgehead atoms. The number of morpholine rings is 1. The Morgan fingerprint density at radius 3 is 2.47 bits per heavy atom. The van der Waals surface area contributed by atoms with E-state index in [-0.39, 0.29) is 6.54 Å². The molecule has 1 saturated heterocycles. The van der Waals surface area contributed by atoms with Crippen molar-refractivity contribution in [2.24, 2.45) is 4.99 Å². The normalized spacial score (nSPS) is 14.8. The second-order valence-corrected chi connectivity index (χ2v) is 7.21. The molecule has 1 aliphatic heterocycles. The van der Waals surface area contributed by atoms with Crippen LogP contribution in [0.2, 0.25) is 0 Å². The monoisotopic (exact) mass is 449 g/mol. The molecule has 1 heterocycles. The van der Waals surface area contributed by atoms with Gasteiger partial charge in [-0.25, -0.2) is 13.2 Å². The third kappa shape index (κ3) is 6.44. The van der Waals surface area contributed by atoms with Crippen LogP contribution in [-0.4, -0.2) is 56.7 Å². The summed E-state index contributed by atoms with van der Waals surface area (Å²) < 4.78 is 45.4. The highest BCUT2D eigenvalue weighted by atomic mass is 19.2. The zero-order valence-corrected chi connectivity index (χ0v) is 17.8. The number of ether oxygens (including phenoxy) is 1. The number of benzene rings is 2. The second kappa shape index (κ2) is 11.5. The summed E-state index contributed by atoms with van der Waals surface area (Å²) in [6.45, 7) is 4.29. The first-order chi connectivity index (χ1) is 15.5. The highest BCUT2D eigenvalue weighted by molar-refractivity contribution is 5.95. The molecule has 172 valence electrons. The van der Waals surface area contributed by atoms with Crippen LogP contribution in [0, 0.1) is 17.5 Å². The smallest absolute Gasteiger partial charge is 0.243 e. The molecular formula is C22H26F3N5O2. The summed E-state index contributed by atoms with van der Waals surface area (Å²) in [6.07, 6.45) is 0. The predicted octanol–water partition coefficient (Wildman–Crippen LogP) is 2.24. The highest BCUT2D eigenvalue weighted by Gasteiger charge is 2.16. The van der Waals surface area contributed by atoms with Crippen molar-refractivity contribution in [2.45, 2.75) is 13.1 Å². The van der Waals surface area contributed by atoms with E-state index in [9.17, 15) is 18.0 Å². The van der Waals surface area contributed by atoms with Gasteiger partial charge < -0.3 is 20.7 Å². The molecule has 1 aliphatic rings. The largest absolute Gasteiger partial charge is 0.379 e. The number of hydrogen-bond acceptors (Lipinski definition) is 4. The van der Waals surface area contributed by atoms with E-state index in [4.69, 9.17) is 4.74 Å². The summed E-state index contributed by atoms with van der Waals surface area (Å²) in [5, 5.41) is 8.16. The van der Waals surface area contributed by atoms with E-state index < -0.39 is 29.0 Å². The third-order valence-electron chi connectivity index (χ3n) is 5.01. The summed E-state index contributed by atoms with van der Waals surface area (Å²) in [6, 6.07) is 9.76. The van der Waals surface area contributed by atoms with Crippen molar-refractivity contribution in [3.05, 3.63) is 65.0 Å². The van der Waals surface area contributed by atoms with Crippen LogP contribution >= 0.6 is 0 Å². The summed E-state index contributed by atoms with van der Waals surface area (Å²) in [4.78, 5) is 18.5. The average Bonchev–Trinajstić information content (AvgIpc) is 2.81. The lowest BCUT2D eigenvalue weighted by molar-refractivity contribution is -0.115. The van der Waals surface area contributed by atoms with E-state index >= 15 is 0 Å².